The monoisotopic (exact) mass is 469 g/mol. The van der Waals surface area contributed by atoms with Crippen LogP contribution in [0.4, 0.5) is 11.5 Å². The normalized spacial score (nSPS) is 14.8. The molecular weight excluding hydrogens is 434 g/mol. The lowest BCUT2D eigenvalue weighted by molar-refractivity contribution is -0.122. The lowest BCUT2D eigenvalue weighted by atomic mass is 9.93. The number of nitrogens with one attached hydrogen (secondary N) is 1. The third kappa shape index (κ3) is 8.12. The van der Waals surface area contributed by atoms with Gasteiger partial charge in [0.1, 0.15) is 5.82 Å². The predicted molar refractivity (Wildman–Crippen MR) is 137 cm³/mol. The van der Waals surface area contributed by atoms with Crippen LogP contribution in [-0.2, 0) is 9.59 Å². The van der Waals surface area contributed by atoms with Gasteiger partial charge in [0.2, 0.25) is 6.41 Å². The molecule has 34 heavy (non-hydrogen) atoms. The maximum Gasteiger partial charge on any atom is 0.290 e. The Labute approximate surface area is 200 Å². The molecule has 2 aromatic heterocycles. The molecule has 1 aliphatic heterocycles. The summed E-state index contributed by atoms with van der Waals surface area (Å²) in [6.07, 6.45) is 8.58. The number of amides is 1. The SMILES string of the molecule is CNc1cc(C(/C=C(\N)c2cc(N3CCC(C)(C)C3)cnc2C)=C/N)ccn1.NC=O.O=CO. The standard InChI is InChI=1S/C22H30N6.CH3NO.CH2O2/c1-15-19(11-18(13-27-15)28-8-6-22(2,3)14-28)20(24)9-17(12-23)16-5-7-26-21(10-16)25-4;2*2-1-3/h5,7,9-13H,6,8,14,23-24H2,1-4H3,(H,25,26);1H,(H2,2,3);1H,(H,2,3)/b17-12+,20-9-;;. The van der Waals surface area contributed by atoms with Crippen molar-refractivity contribution in [2.45, 2.75) is 27.2 Å². The number of rotatable bonds is 5. The molecule has 0 atom stereocenters. The summed E-state index contributed by atoms with van der Waals surface area (Å²) in [5.41, 5.74) is 22.2. The summed E-state index contributed by atoms with van der Waals surface area (Å²) in [5.74, 6) is 0.778. The van der Waals surface area contributed by atoms with Gasteiger partial charge in [0.15, 0.2) is 0 Å². The maximum absolute atomic E-state index is 8.58. The molecule has 0 unspecified atom stereocenters. The van der Waals surface area contributed by atoms with Gasteiger partial charge in [-0.15, -0.1) is 0 Å². The lowest BCUT2D eigenvalue weighted by Gasteiger charge is -2.22. The fraction of sp³-hybridized carbons (Fsp3) is 0.333. The maximum atomic E-state index is 8.58. The average Bonchev–Trinajstić information content (AvgIpc) is 3.18. The Balaban J connectivity index is 0.000000872. The third-order valence-corrected chi connectivity index (χ3v) is 5.27. The Morgan fingerprint density at radius 2 is 1.88 bits per heavy atom. The molecule has 0 bridgehead atoms. The fourth-order valence-electron chi connectivity index (χ4n) is 3.54. The van der Waals surface area contributed by atoms with Crippen LogP contribution < -0.4 is 27.4 Å². The van der Waals surface area contributed by atoms with Crippen LogP contribution >= 0.6 is 0 Å². The van der Waals surface area contributed by atoms with E-state index in [1.807, 2.05) is 38.4 Å². The zero-order valence-corrected chi connectivity index (χ0v) is 20.2. The van der Waals surface area contributed by atoms with Gasteiger partial charge in [0.05, 0.1) is 11.9 Å². The van der Waals surface area contributed by atoms with Gasteiger partial charge >= 0.3 is 0 Å². The van der Waals surface area contributed by atoms with Crippen molar-refractivity contribution in [1.29, 1.82) is 0 Å². The van der Waals surface area contributed by atoms with E-state index in [2.05, 4.69) is 45.8 Å². The first-order valence-electron chi connectivity index (χ1n) is 10.6. The van der Waals surface area contributed by atoms with E-state index in [4.69, 9.17) is 26.2 Å². The molecule has 0 aliphatic carbocycles. The Kier molecular flexibility index (Phi) is 11.1. The van der Waals surface area contributed by atoms with Crippen LogP contribution in [0.1, 0.15) is 37.1 Å². The van der Waals surface area contributed by atoms with Gasteiger partial charge in [0, 0.05) is 49.5 Å². The zero-order chi connectivity index (χ0) is 25.7. The van der Waals surface area contributed by atoms with Gasteiger partial charge in [-0.2, -0.15) is 0 Å². The average molecular weight is 470 g/mol. The minimum Gasteiger partial charge on any atom is -0.483 e. The first-order chi connectivity index (χ1) is 16.2. The number of primary amides is 1. The Hall–Kier alpha value is -4.08. The van der Waals surface area contributed by atoms with Gasteiger partial charge < -0.3 is 32.5 Å². The summed E-state index contributed by atoms with van der Waals surface area (Å²) < 4.78 is 0. The van der Waals surface area contributed by atoms with E-state index in [1.165, 1.54) is 6.42 Å². The molecule has 1 saturated heterocycles. The van der Waals surface area contributed by atoms with Crippen LogP contribution in [0.3, 0.4) is 0 Å². The summed E-state index contributed by atoms with van der Waals surface area (Å²) in [7, 11) is 1.84. The number of nitrogens with zero attached hydrogens (tertiary/aromatic N) is 3. The van der Waals surface area contributed by atoms with Crippen molar-refractivity contribution in [3.8, 4) is 0 Å². The van der Waals surface area contributed by atoms with E-state index in [0.717, 1.165) is 47.0 Å². The topological polar surface area (TPSA) is 173 Å². The molecule has 1 aliphatic rings. The molecule has 1 fully saturated rings. The van der Waals surface area contributed by atoms with Crippen molar-refractivity contribution in [2.24, 2.45) is 22.6 Å². The molecule has 8 N–H and O–H groups in total. The van der Waals surface area contributed by atoms with Gasteiger partial charge in [-0.1, -0.05) is 13.8 Å². The number of allylic oxidation sites excluding steroid dienone is 2. The summed E-state index contributed by atoms with van der Waals surface area (Å²) >= 11 is 0. The highest BCUT2D eigenvalue weighted by Gasteiger charge is 2.29. The Morgan fingerprint density at radius 3 is 2.41 bits per heavy atom. The second-order valence-corrected chi connectivity index (χ2v) is 8.31. The van der Waals surface area contributed by atoms with Crippen LogP contribution in [0.5, 0.6) is 0 Å². The molecule has 0 spiro atoms. The molecule has 2 aromatic rings. The molecular formula is C24H35N7O3. The number of hydrogen-bond donors (Lipinski definition) is 5. The van der Waals surface area contributed by atoms with Crippen LogP contribution in [0, 0.1) is 12.3 Å². The first-order valence-corrected chi connectivity index (χ1v) is 10.6. The molecule has 10 heteroatoms. The number of aryl methyl sites for hydroxylation is 1. The van der Waals surface area contributed by atoms with E-state index >= 15 is 0 Å². The summed E-state index contributed by atoms with van der Waals surface area (Å²) in [5, 5.41) is 9.93. The Morgan fingerprint density at radius 1 is 1.24 bits per heavy atom. The third-order valence-electron chi connectivity index (χ3n) is 5.27. The van der Waals surface area contributed by atoms with E-state index in [1.54, 1.807) is 12.4 Å². The number of nitrogens with two attached hydrogens (primary N) is 3. The highest BCUT2D eigenvalue weighted by Crippen LogP contribution is 2.33. The second kappa shape index (κ2) is 13.5. The highest BCUT2D eigenvalue weighted by molar-refractivity contribution is 5.84. The second-order valence-electron chi connectivity index (χ2n) is 8.31. The van der Waals surface area contributed by atoms with Crippen LogP contribution in [0.25, 0.3) is 11.3 Å². The van der Waals surface area contributed by atoms with E-state index < -0.39 is 0 Å². The zero-order valence-electron chi connectivity index (χ0n) is 20.2. The smallest absolute Gasteiger partial charge is 0.290 e. The van der Waals surface area contributed by atoms with Crippen molar-refractivity contribution in [2.75, 3.05) is 30.4 Å². The number of pyridine rings is 2. The largest absolute Gasteiger partial charge is 0.483 e. The summed E-state index contributed by atoms with van der Waals surface area (Å²) in [6, 6.07) is 5.99. The van der Waals surface area contributed by atoms with Crippen molar-refractivity contribution < 1.29 is 14.7 Å². The molecule has 3 heterocycles. The van der Waals surface area contributed by atoms with Crippen molar-refractivity contribution in [1.82, 2.24) is 9.97 Å². The molecule has 0 saturated carbocycles. The minimum absolute atomic E-state index is 0.250. The predicted octanol–water partition coefficient (Wildman–Crippen LogP) is 2.16. The van der Waals surface area contributed by atoms with E-state index in [9.17, 15) is 0 Å². The molecule has 0 aromatic carbocycles. The van der Waals surface area contributed by atoms with Gasteiger partial charge in [-0.25, -0.2) is 4.98 Å². The van der Waals surface area contributed by atoms with Crippen LogP contribution in [0.2, 0.25) is 0 Å². The summed E-state index contributed by atoms with van der Waals surface area (Å²) in [6.45, 7) is 8.40. The molecule has 0 radical (unpaired) electrons. The van der Waals surface area contributed by atoms with E-state index in [0.29, 0.717) is 11.1 Å². The summed E-state index contributed by atoms with van der Waals surface area (Å²) in [4.78, 5) is 28.2. The van der Waals surface area contributed by atoms with E-state index in [-0.39, 0.29) is 12.9 Å². The number of anilines is 2. The van der Waals surface area contributed by atoms with Crippen LogP contribution in [0.15, 0.2) is 42.9 Å². The van der Waals surface area contributed by atoms with Crippen molar-refractivity contribution in [3.05, 3.63) is 59.7 Å². The molecule has 184 valence electrons. The van der Waals surface area contributed by atoms with Crippen LogP contribution in [-0.4, -0.2) is 48.1 Å². The number of carbonyl (C=O) groups excluding carboxylic acids is 1. The minimum atomic E-state index is -0.250. The number of hydrogen-bond acceptors (Lipinski definition) is 8. The number of carboxylic acid groups (broad SMARTS) is 1. The first kappa shape index (κ1) is 28.0. The quantitative estimate of drug-likeness (QED) is 0.325. The van der Waals surface area contributed by atoms with Crippen molar-refractivity contribution in [3.63, 3.8) is 0 Å². The lowest BCUT2D eigenvalue weighted by Crippen LogP contribution is -2.23. The molecule has 10 nitrogen and oxygen atoms in total. The molecule has 3 rings (SSSR count). The van der Waals surface area contributed by atoms with Gasteiger partial charge in [-0.05, 0) is 54.2 Å². The number of carbonyl (C=O) groups is 2. The van der Waals surface area contributed by atoms with Gasteiger partial charge in [0.25, 0.3) is 6.47 Å². The fourth-order valence-corrected chi connectivity index (χ4v) is 3.54. The molecule has 1 amide bonds. The highest BCUT2D eigenvalue weighted by atomic mass is 16.3. The van der Waals surface area contributed by atoms with Gasteiger partial charge in [-0.3, -0.25) is 14.6 Å². The van der Waals surface area contributed by atoms with Crippen molar-refractivity contribution >= 4 is 35.7 Å². The number of aromatic nitrogens is 2. The Bertz CT molecular complexity index is 1010.